The van der Waals surface area contributed by atoms with Crippen molar-refractivity contribution in [3.05, 3.63) is 42.7 Å². The number of amides is 2. The Hall–Kier alpha value is -3.00. The van der Waals surface area contributed by atoms with E-state index in [0.29, 0.717) is 18.9 Å². The molecule has 0 fully saturated rings. The van der Waals surface area contributed by atoms with E-state index < -0.39 is 0 Å². The van der Waals surface area contributed by atoms with Gasteiger partial charge in [0.15, 0.2) is 0 Å². The van der Waals surface area contributed by atoms with Crippen LogP contribution >= 0.6 is 11.3 Å². The second-order valence-corrected chi connectivity index (χ2v) is 6.63. The van der Waals surface area contributed by atoms with Gasteiger partial charge >= 0.3 is 0 Å². The van der Waals surface area contributed by atoms with Crippen molar-refractivity contribution in [2.45, 2.75) is 6.92 Å². The third-order valence-electron chi connectivity index (χ3n) is 3.63. The van der Waals surface area contributed by atoms with Crippen LogP contribution in [-0.2, 0) is 9.59 Å². The molecule has 3 rings (SSSR count). The molecule has 0 saturated carbocycles. The van der Waals surface area contributed by atoms with Gasteiger partial charge < -0.3 is 16.0 Å². The van der Waals surface area contributed by atoms with E-state index in [2.05, 4.69) is 25.9 Å². The first-order chi connectivity index (χ1) is 12.6. The van der Waals surface area contributed by atoms with Crippen LogP contribution in [0.2, 0.25) is 0 Å². The molecule has 3 N–H and O–H groups in total. The van der Waals surface area contributed by atoms with Gasteiger partial charge in [0, 0.05) is 24.9 Å². The summed E-state index contributed by atoms with van der Waals surface area (Å²) < 4.78 is 0. The van der Waals surface area contributed by atoms with Crippen molar-refractivity contribution in [1.82, 2.24) is 20.6 Å². The van der Waals surface area contributed by atoms with E-state index in [0.717, 1.165) is 20.7 Å². The van der Waals surface area contributed by atoms with Gasteiger partial charge in [-0.15, -0.1) is 11.3 Å². The number of benzene rings is 1. The second-order valence-electron chi connectivity index (χ2n) is 5.60. The molecule has 0 atom stereocenters. The van der Waals surface area contributed by atoms with Crippen LogP contribution in [-0.4, -0.2) is 41.4 Å². The van der Waals surface area contributed by atoms with Gasteiger partial charge in [0.05, 0.1) is 11.9 Å². The monoisotopic (exact) mass is 369 g/mol. The van der Waals surface area contributed by atoms with Crippen LogP contribution in [0.15, 0.2) is 42.7 Å². The molecule has 0 aliphatic heterocycles. The number of carbonyl (C=O) groups is 2. The number of hydrogen-bond donors (Lipinski definition) is 3. The predicted octanol–water partition coefficient (Wildman–Crippen LogP) is 2.02. The van der Waals surface area contributed by atoms with E-state index in [1.165, 1.54) is 13.3 Å². The molecule has 2 heterocycles. The van der Waals surface area contributed by atoms with Gasteiger partial charge in [0.1, 0.15) is 17.0 Å². The summed E-state index contributed by atoms with van der Waals surface area (Å²) in [5.41, 5.74) is 1.12. The Morgan fingerprint density at radius 1 is 1.08 bits per heavy atom. The quantitative estimate of drug-likeness (QED) is 0.554. The maximum absolute atomic E-state index is 11.9. The molecule has 0 aliphatic rings. The van der Waals surface area contributed by atoms with Gasteiger partial charge in [-0.1, -0.05) is 30.3 Å². The Balaban J connectivity index is 1.64. The molecule has 1 aromatic carbocycles. The summed E-state index contributed by atoms with van der Waals surface area (Å²) in [6.07, 6.45) is 1.49. The molecule has 3 aromatic rings. The minimum Gasteiger partial charge on any atom is -0.360 e. The van der Waals surface area contributed by atoms with Gasteiger partial charge in [0.25, 0.3) is 0 Å². The summed E-state index contributed by atoms with van der Waals surface area (Å²) in [4.78, 5) is 33.2. The van der Waals surface area contributed by atoms with Crippen LogP contribution in [0.4, 0.5) is 5.82 Å². The van der Waals surface area contributed by atoms with Gasteiger partial charge in [-0.3, -0.25) is 9.59 Å². The fourth-order valence-electron chi connectivity index (χ4n) is 2.41. The van der Waals surface area contributed by atoms with E-state index >= 15 is 0 Å². The lowest BCUT2D eigenvalue weighted by atomic mass is 10.2. The van der Waals surface area contributed by atoms with E-state index in [-0.39, 0.29) is 18.4 Å². The SMILES string of the molecule is CC(=O)NCCNC(=O)CNc1ncnc2sc(-c3ccccc3)cc12. The minimum atomic E-state index is -0.166. The molecule has 26 heavy (non-hydrogen) atoms. The fraction of sp³-hybridized carbons (Fsp3) is 0.222. The molecule has 0 unspecified atom stereocenters. The molecule has 0 bridgehead atoms. The molecular formula is C18H19N5O2S. The lowest BCUT2D eigenvalue weighted by molar-refractivity contribution is -0.121. The molecule has 134 valence electrons. The van der Waals surface area contributed by atoms with Gasteiger partial charge in [-0.05, 0) is 11.6 Å². The van der Waals surface area contributed by atoms with Crippen LogP contribution in [0.5, 0.6) is 0 Å². The molecule has 0 radical (unpaired) electrons. The van der Waals surface area contributed by atoms with Crippen molar-refractivity contribution in [2.24, 2.45) is 0 Å². The highest BCUT2D eigenvalue weighted by Crippen LogP contribution is 2.34. The maximum atomic E-state index is 11.9. The van der Waals surface area contributed by atoms with Gasteiger partial charge in [0.2, 0.25) is 11.8 Å². The standard InChI is InChI=1S/C18H19N5O2S/c1-12(24)19-7-8-20-16(25)10-21-17-14-9-15(13-5-3-2-4-6-13)26-18(14)23-11-22-17/h2-6,9,11H,7-8,10H2,1H3,(H,19,24)(H,20,25)(H,21,22,23). The van der Waals surface area contributed by atoms with Crippen molar-refractivity contribution in [1.29, 1.82) is 0 Å². The Labute approximate surface area is 154 Å². The molecule has 2 aromatic heterocycles. The van der Waals surface area contributed by atoms with Crippen molar-refractivity contribution in [3.8, 4) is 10.4 Å². The number of rotatable bonds is 7. The number of aromatic nitrogens is 2. The number of nitrogens with one attached hydrogen (secondary N) is 3. The lowest BCUT2D eigenvalue weighted by Gasteiger charge is -2.08. The Bertz CT molecular complexity index is 910. The van der Waals surface area contributed by atoms with Crippen molar-refractivity contribution in [2.75, 3.05) is 25.0 Å². The van der Waals surface area contributed by atoms with Crippen LogP contribution < -0.4 is 16.0 Å². The Morgan fingerprint density at radius 3 is 2.62 bits per heavy atom. The summed E-state index contributed by atoms with van der Waals surface area (Å²) in [5, 5.41) is 9.30. The number of anilines is 1. The zero-order valence-electron chi connectivity index (χ0n) is 14.3. The van der Waals surface area contributed by atoms with Crippen LogP contribution in [0.25, 0.3) is 20.7 Å². The lowest BCUT2D eigenvalue weighted by Crippen LogP contribution is -2.36. The van der Waals surface area contributed by atoms with Gasteiger partial charge in [-0.2, -0.15) is 0 Å². The zero-order valence-corrected chi connectivity index (χ0v) is 15.1. The average Bonchev–Trinajstić information content (AvgIpc) is 3.09. The third kappa shape index (κ3) is 4.54. The summed E-state index contributed by atoms with van der Waals surface area (Å²) in [5.74, 6) is 0.346. The smallest absolute Gasteiger partial charge is 0.239 e. The first-order valence-corrected chi connectivity index (χ1v) is 9.00. The summed E-state index contributed by atoms with van der Waals surface area (Å²) in [6, 6.07) is 12.1. The fourth-order valence-corrected chi connectivity index (χ4v) is 3.41. The Kier molecular flexibility index (Phi) is 5.75. The summed E-state index contributed by atoms with van der Waals surface area (Å²) >= 11 is 1.59. The van der Waals surface area contributed by atoms with Crippen molar-refractivity contribution in [3.63, 3.8) is 0 Å². The van der Waals surface area contributed by atoms with Crippen LogP contribution in [0, 0.1) is 0 Å². The van der Waals surface area contributed by atoms with E-state index in [9.17, 15) is 9.59 Å². The molecule has 0 saturated heterocycles. The normalized spacial score (nSPS) is 10.5. The molecule has 8 heteroatoms. The largest absolute Gasteiger partial charge is 0.360 e. The van der Waals surface area contributed by atoms with Crippen LogP contribution in [0.3, 0.4) is 0 Å². The molecule has 0 spiro atoms. The summed E-state index contributed by atoms with van der Waals surface area (Å²) in [7, 11) is 0. The molecule has 0 aliphatic carbocycles. The average molecular weight is 369 g/mol. The highest BCUT2D eigenvalue weighted by molar-refractivity contribution is 7.21. The number of carbonyl (C=O) groups excluding carboxylic acids is 2. The van der Waals surface area contributed by atoms with E-state index in [4.69, 9.17) is 0 Å². The maximum Gasteiger partial charge on any atom is 0.239 e. The third-order valence-corrected chi connectivity index (χ3v) is 4.72. The van der Waals surface area contributed by atoms with Crippen molar-refractivity contribution < 1.29 is 9.59 Å². The van der Waals surface area contributed by atoms with Crippen molar-refractivity contribution >= 4 is 39.2 Å². The topological polar surface area (TPSA) is 96.0 Å². The molecular weight excluding hydrogens is 350 g/mol. The summed E-state index contributed by atoms with van der Waals surface area (Å²) in [6.45, 7) is 2.33. The first kappa shape index (κ1) is 17.8. The number of nitrogens with zero attached hydrogens (tertiary/aromatic N) is 2. The number of thiophene rings is 1. The molecule has 7 nitrogen and oxygen atoms in total. The van der Waals surface area contributed by atoms with E-state index in [1.54, 1.807) is 11.3 Å². The molecule has 2 amide bonds. The first-order valence-electron chi connectivity index (χ1n) is 8.18. The minimum absolute atomic E-state index is 0.0999. The number of fused-ring (bicyclic) bond motifs is 1. The predicted molar refractivity (Wildman–Crippen MR) is 103 cm³/mol. The Morgan fingerprint density at radius 2 is 1.85 bits per heavy atom. The zero-order chi connectivity index (χ0) is 18.4. The number of hydrogen-bond acceptors (Lipinski definition) is 6. The highest BCUT2D eigenvalue weighted by atomic mass is 32.1. The van der Waals surface area contributed by atoms with E-state index in [1.807, 2.05) is 36.4 Å². The highest BCUT2D eigenvalue weighted by Gasteiger charge is 2.11. The second kappa shape index (κ2) is 8.39. The van der Waals surface area contributed by atoms with Crippen LogP contribution in [0.1, 0.15) is 6.92 Å². The van der Waals surface area contributed by atoms with Gasteiger partial charge in [-0.25, -0.2) is 9.97 Å².